The van der Waals surface area contributed by atoms with E-state index in [-0.39, 0.29) is 6.04 Å². The Morgan fingerprint density at radius 2 is 1.72 bits per heavy atom. The molecule has 1 atom stereocenters. The summed E-state index contributed by atoms with van der Waals surface area (Å²) in [6.07, 6.45) is 2.23. The minimum absolute atomic E-state index is 0.0284. The summed E-state index contributed by atoms with van der Waals surface area (Å²) in [5.74, 6) is 0.483. The van der Waals surface area contributed by atoms with Gasteiger partial charge in [-0.3, -0.25) is 4.90 Å². The number of rotatable bonds is 2. The van der Waals surface area contributed by atoms with Gasteiger partial charge in [0.2, 0.25) is 0 Å². The van der Waals surface area contributed by atoms with Crippen LogP contribution in [0.4, 0.5) is 0 Å². The number of aliphatic imine (C=N–C) groups is 1. The van der Waals surface area contributed by atoms with Gasteiger partial charge in [-0.15, -0.1) is 0 Å². The molecule has 0 saturated heterocycles. The van der Waals surface area contributed by atoms with Gasteiger partial charge in [-0.2, -0.15) is 0 Å². The summed E-state index contributed by atoms with van der Waals surface area (Å²) in [7, 11) is 2.15. The van der Waals surface area contributed by atoms with Gasteiger partial charge < -0.3 is 11.1 Å². The molecule has 0 saturated carbocycles. The molecule has 0 aromatic heterocycles. The van der Waals surface area contributed by atoms with E-state index in [1.54, 1.807) is 0 Å². The quantitative estimate of drug-likeness (QED) is 0.890. The Balaban J connectivity index is 1.80. The molecule has 0 amide bonds. The highest BCUT2D eigenvalue weighted by Crippen LogP contribution is 2.35. The molecule has 0 bridgehead atoms. The van der Waals surface area contributed by atoms with E-state index in [2.05, 4.69) is 76.9 Å². The van der Waals surface area contributed by atoms with Crippen molar-refractivity contribution in [2.45, 2.75) is 6.04 Å². The standard InChI is InChI=1S/C21H22N4/c1-25-13-17(12-15-8-4-2-5-9-15)20-18(14-25)19(23-21(22)24-20)16-10-6-3-7-11-16/h2-12,19H,13-14H2,1H3,(H3,22,23,24). The van der Waals surface area contributed by atoms with Crippen molar-refractivity contribution < 1.29 is 0 Å². The van der Waals surface area contributed by atoms with Gasteiger partial charge in [-0.05, 0) is 35.4 Å². The van der Waals surface area contributed by atoms with Crippen LogP contribution in [-0.2, 0) is 0 Å². The SMILES string of the molecule is CN1CC(=Cc2ccccc2)C2=C(C1)C(c1ccccc1)N=C(N)N2. The van der Waals surface area contributed by atoms with Gasteiger partial charge in [0, 0.05) is 18.8 Å². The summed E-state index contributed by atoms with van der Waals surface area (Å²) in [5.41, 5.74) is 12.1. The Labute approximate surface area is 148 Å². The highest BCUT2D eigenvalue weighted by atomic mass is 15.2. The predicted octanol–water partition coefficient (Wildman–Crippen LogP) is 2.93. The third kappa shape index (κ3) is 3.21. The molecule has 2 aliphatic rings. The predicted molar refractivity (Wildman–Crippen MR) is 103 cm³/mol. The van der Waals surface area contributed by atoms with E-state index in [0.717, 1.165) is 18.8 Å². The first-order chi connectivity index (χ1) is 12.2. The molecule has 2 heterocycles. The number of hydrogen-bond donors (Lipinski definition) is 2. The van der Waals surface area contributed by atoms with Crippen LogP contribution in [0, 0.1) is 0 Å². The molecule has 4 heteroatoms. The van der Waals surface area contributed by atoms with E-state index in [1.807, 2.05) is 12.1 Å². The van der Waals surface area contributed by atoms with Crippen molar-refractivity contribution in [2.75, 3.05) is 20.1 Å². The third-order valence-corrected chi connectivity index (χ3v) is 4.63. The van der Waals surface area contributed by atoms with Gasteiger partial charge in [0.05, 0.1) is 0 Å². The van der Waals surface area contributed by atoms with E-state index in [9.17, 15) is 0 Å². The highest BCUT2D eigenvalue weighted by Gasteiger charge is 2.30. The van der Waals surface area contributed by atoms with Gasteiger partial charge in [0.25, 0.3) is 0 Å². The number of hydrogen-bond acceptors (Lipinski definition) is 4. The second-order valence-electron chi connectivity index (χ2n) is 6.61. The molecule has 1 unspecified atom stereocenters. The van der Waals surface area contributed by atoms with Crippen LogP contribution < -0.4 is 11.1 Å². The fourth-order valence-corrected chi connectivity index (χ4v) is 3.54. The largest absolute Gasteiger partial charge is 0.370 e. The number of likely N-dealkylation sites (N-methyl/N-ethyl adjacent to an activating group) is 1. The second-order valence-corrected chi connectivity index (χ2v) is 6.61. The van der Waals surface area contributed by atoms with Crippen LogP contribution in [0.3, 0.4) is 0 Å². The van der Waals surface area contributed by atoms with Crippen LogP contribution in [0.1, 0.15) is 17.2 Å². The van der Waals surface area contributed by atoms with Crippen LogP contribution >= 0.6 is 0 Å². The van der Waals surface area contributed by atoms with Crippen LogP contribution in [0.15, 0.2) is 82.5 Å². The first-order valence-corrected chi connectivity index (χ1v) is 8.53. The van der Waals surface area contributed by atoms with Gasteiger partial charge in [-0.1, -0.05) is 60.7 Å². The maximum Gasteiger partial charge on any atom is 0.194 e. The fourth-order valence-electron chi connectivity index (χ4n) is 3.54. The van der Waals surface area contributed by atoms with E-state index >= 15 is 0 Å². The monoisotopic (exact) mass is 330 g/mol. The van der Waals surface area contributed by atoms with Gasteiger partial charge in [0.15, 0.2) is 5.96 Å². The van der Waals surface area contributed by atoms with E-state index < -0.39 is 0 Å². The number of nitrogens with two attached hydrogens (primary N) is 1. The number of nitrogens with one attached hydrogen (secondary N) is 1. The maximum atomic E-state index is 6.12. The lowest BCUT2D eigenvalue weighted by molar-refractivity contribution is 0.368. The second kappa shape index (κ2) is 6.57. The summed E-state index contributed by atoms with van der Waals surface area (Å²) in [6, 6.07) is 20.7. The normalized spacial score (nSPS) is 22.4. The first-order valence-electron chi connectivity index (χ1n) is 8.53. The lowest BCUT2D eigenvalue weighted by atomic mass is 9.90. The van der Waals surface area contributed by atoms with Crippen molar-refractivity contribution >= 4 is 12.0 Å². The number of guanidine groups is 1. The minimum atomic E-state index is -0.0284. The molecule has 126 valence electrons. The molecule has 2 aliphatic heterocycles. The van der Waals surface area contributed by atoms with Crippen molar-refractivity contribution in [1.29, 1.82) is 0 Å². The molecule has 25 heavy (non-hydrogen) atoms. The van der Waals surface area contributed by atoms with Gasteiger partial charge >= 0.3 is 0 Å². The first kappa shape index (κ1) is 15.7. The topological polar surface area (TPSA) is 53.6 Å². The number of benzene rings is 2. The molecule has 0 radical (unpaired) electrons. The summed E-state index contributed by atoms with van der Waals surface area (Å²) >= 11 is 0. The molecule has 3 N–H and O–H groups in total. The van der Waals surface area contributed by atoms with Crippen molar-refractivity contribution in [2.24, 2.45) is 10.7 Å². The van der Waals surface area contributed by atoms with Crippen molar-refractivity contribution in [1.82, 2.24) is 10.2 Å². The summed E-state index contributed by atoms with van der Waals surface area (Å²) in [6.45, 7) is 1.76. The van der Waals surface area contributed by atoms with Gasteiger partial charge in [-0.25, -0.2) is 4.99 Å². The smallest absolute Gasteiger partial charge is 0.194 e. The molecule has 0 spiro atoms. The molecule has 2 aromatic rings. The lowest BCUT2D eigenvalue weighted by Crippen LogP contribution is -2.43. The van der Waals surface area contributed by atoms with Crippen molar-refractivity contribution in [3.63, 3.8) is 0 Å². The summed E-state index contributed by atoms with van der Waals surface area (Å²) in [5, 5.41) is 3.32. The molecule has 0 aliphatic carbocycles. The highest BCUT2D eigenvalue weighted by molar-refractivity contribution is 5.84. The summed E-state index contributed by atoms with van der Waals surface area (Å²) < 4.78 is 0. The van der Waals surface area contributed by atoms with E-state index in [4.69, 9.17) is 5.73 Å². The Morgan fingerprint density at radius 1 is 1.04 bits per heavy atom. The summed E-state index contributed by atoms with van der Waals surface area (Å²) in [4.78, 5) is 7.01. The fraction of sp³-hybridized carbons (Fsp3) is 0.190. The molecule has 4 rings (SSSR count). The Hall–Kier alpha value is -2.85. The molecular weight excluding hydrogens is 308 g/mol. The average molecular weight is 330 g/mol. The van der Waals surface area contributed by atoms with E-state index in [0.29, 0.717) is 5.96 Å². The molecule has 0 fully saturated rings. The zero-order chi connectivity index (χ0) is 17.2. The average Bonchev–Trinajstić information content (AvgIpc) is 2.63. The Kier molecular flexibility index (Phi) is 4.12. The molecule has 2 aromatic carbocycles. The van der Waals surface area contributed by atoms with Crippen LogP contribution in [-0.4, -0.2) is 31.0 Å². The van der Waals surface area contributed by atoms with Crippen LogP contribution in [0.25, 0.3) is 6.08 Å². The van der Waals surface area contributed by atoms with Crippen molar-refractivity contribution in [3.8, 4) is 0 Å². The molecular formula is C21H22N4. The van der Waals surface area contributed by atoms with Crippen molar-refractivity contribution in [3.05, 3.63) is 88.6 Å². The van der Waals surface area contributed by atoms with E-state index in [1.165, 1.54) is 22.3 Å². The Morgan fingerprint density at radius 3 is 2.44 bits per heavy atom. The molecule has 4 nitrogen and oxygen atoms in total. The lowest BCUT2D eigenvalue weighted by Gasteiger charge is -2.36. The maximum absolute atomic E-state index is 6.12. The third-order valence-electron chi connectivity index (χ3n) is 4.63. The van der Waals surface area contributed by atoms with Gasteiger partial charge in [0.1, 0.15) is 6.04 Å². The van der Waals surface area contributed by atoms with Crippen LogP contribution in [0.2, 0.25) is 0 Å². The van der Waals surface area contributed by atoms with Crippen LogP contribution in [0.5, 0.6) is 0 Å². The Bertz CT molecular complexity index is 850. The minimum Gasteiger partial charge on any atom is -0.370 e. The number of nitrogens with zero attached hydrogens (tertiary/aromatic N) is 2. The zero-order valence-electron chi connectivity index (χ0n) is 14.3. The zero-order valence-corrected chi connectivity index (χ0v) is 14.3.